The first-order valence-corrected chi connectivity index (χ1v) is 11.0. The van der Waals surface area contributed by atoms with Crippen molar-refractivity contribution < 1.29 is 9.59 Å². The average Bonchev–Trinajstić information content (AvgIpc) is 3.18. The number of hydrogen-bond acceptors (Lipinski definition) is 3. The third-order valence-electron chi connectivity index (χ3n) is 6.24. The molecule has 2 aliphatic heterocycles. The summed E-state index contributed by atoms with van der Waals surface area (Å²) in [6, 6.07) is 16.3. The van der Waals surface area contributed by atoms with Crippen molar-refractivity contribution in [2.75, 3.05) is 17.2 Å². The number of anilines is 1. The lowest BCUT2D eigenvalue weighted by atomic mass is 9.84. The molecule has 1 spiro atoms. The topological polar surface area (TPSA) is 40.6 Å². The van der Waals surface area contributed by atoms with Gasteiger partial charge < -0.3 is 9.80 Å². The minimum Gasteiger partial charge on any atom is -0.315 e. The quantitative estimate of drug-likeness (QED) is 0.791. The van der Waals surface area contributed by atoms with Crippen LogP contribution in [0.3, 0.4) is 0 Å². The Labute approximate surface area is 169 Å². The van der Waals surface area contributed by atoms with E-state index in [0.717, 1.165) is 41.8 Å². The number of thioether (sulfide) groups is 1. The number of hydrogen-bond donors (Lipinski definition) is 0. The van der Waals surface area contributed by atoms with Gasteiger partial charge in [-0.3, -0.25) is 9.59 Å². The Kier molecular flexibility index (Phi) is 4.23. The fraction of sp³-hybridized carbons (Fsp3) is 0.391. The van der Waals surface area contributed by atoms with Gasteiger partial charge >= 0.3 is 0 Å². The number of carbonyl (C=O) groups is 2. The summed E-state index contributed by atoms with van der Waals surface area (Å²) in [7, 11) is 0. The molecule has 28 heavy (non-hydrogen) atoms. The summed E-state index contributed by atoms with van der Waals surface area (Å²) in [5.74, 6) is 1.10. The minimum absolute atomic E-state index is 0.0328. The monoisotopic (exact) mass is 392 g/mol. The molecule has 144 valence electrons. The second kappa shape index (κ2) is 6.66. The molecule has 2 aromatic rings. The highest BCUT2D eigenvalue weighted by molar-refractivity contribution is 8.01. The number of para-hydroxylation sites is 1. The normalized spacial score (nSPS) is 24.0. The number of carbonyl (C=O) groups excluding carboxylic acids is 2. The van der Waals surface area contributed by atoms with E-state index in [9.17, 15) is 9.59 Å². The number of aryl methyl sites for hydroxylation is 1. The van der Waals surface area contributed by atoms with E-state index >= 15 is 0 Å². The van der Waals surface area contributed by atoms with E-state index in [1.165, 1.54) is 5.56 Å². The Hall–Kier alpha value is -2.27. The number of nitrogens with zero attached hydrogens (tertiary/aromatic N) is 2. The first-order chi connectivity index (χ1) is 13.6. The van der Waals surface area contributed by atoms with Crippen molar-refractivity contribution in [3.8, 4) is 0 Å². The van der Waals surface area contributed by atoms with Gasteiger partial charge in [-0.25, -0.2) is 0 Å². The van der Waals surface area contributed by atoms with Crippen molar-refractivity contribution in [2.24, 2.45) is 5.92 Å². The Bertz CT molecular complexity index is 955. The van der Waals surface area contributed by atoms with Crippen LogP contribution in [0.25, 0.3) is 0 Å². The van der Waals surface area contributed by atoms with Crippen LogP contribution in [0.15, 0.2) is 48.5 Å². The molecule has 0 aromatic heterocycles. The van der Waals surface area contributed by atoms with Crippen LogP contribution in [0.5, 0.6) is 0 Å². The summed E-state index contributed by atoms with van der Waals surface area (Å²) in [5, 5.41) is 0. The zero-order valence-electron chi connectivity index (χ0n) is 16.1. The predicted octanol–water partition coefficient (Wildman–Crippen LogP) is 4.07. The van der Waals surface area contributed by atoms with Gasteiger partial charge in [-0.1, -0.05) is 54.4 Å². The van der Waals surface area contributed by atoms with E-state index in [1.807, 2.05) is 40.1 Å². The standard InChI is InChI=1S/C23H24N2O2S/c1-16-6-4-7-17(14-16)15-24-20-11-3-2-10-19(20)23(22(24)27)25(12-13-28-23)21(26)18-8-5-9-18/h2-4,6-7,10-11,14,18H,5,8-9,12-13,15H2,1H3. The highest BCUT2D eigenvalue weighted by atomic mass is 32.2. The van der Waals surface area contributed by atoms with Gasteiger partial charge in [-0.15, -0.1) is 11.8 Å². The summed E-state index contributed by atoms with van der Waals surface area (Å²) < 4.78 is 0. The van der Waals surface area contributed by atoms with E-state index in [2.05, 4.69) is 25.1 Å². The number of fused-ring (bicyclic) bond motifs is 2. The Morgan fingerprint density at radius 3 is 2.75 bits per heavy atom. The highest BCUT2D eigenvalue weighted by Gasteiger charge is 2.59. The highest BCUT2D eigenvalue weighted by Crippen LogP contribution is 2.55. The van der Waals surface area contributed by atoms with Crippen molar-refractivity contribution in [1.29, 1.82) is 0 Å². The third-order valence-corrected chi connectivity index (χ3v) is 7.66. The molecule has 3 aliphatic rings. The molecule has 4 nitrogen and oxygen atoms in total. The van der Waals surface area contributed by atoms with Gasteiger partial charge in [-0.2, -0.15) is 0 Å². The fourth-order valence-corrected chi connectivity index (χ4v) is 6.08. The van der Waals surface area contributed by atoms with Crippen molar-refractivity contribution in [1.82, 2.24) is 4.90 Å². The van der Waals surface area contributed by atoms with Gasteiger partial charge in [0.15, 0.2) is 4.87 Å². The molecular formula is C23H24N2O2S. The van der Waals surface area contributed by atoms with Crippen molar-refractivity contribution in [2.45, 2.75) is 37.6 Å². The van der Waals surface area contributed by atoms with E-state index in [0.29, 0.717) is 13.1 Å². The largest absolute Gasteiger partial charge is 0.315 e. The fourth-order valence-electron chi connectivity index (χ4n) is 4.61. The molecule has 1 atom stereocenters. The van der Waals surface area contributed by atoms with Crippen LogP contribution in [0.1, 0.15) is 36.0 Å². The first kappa shape index (κ1) is 17.8. The smallest absolute Gasteiger partial charge is 0.268 e. The Morgan fingerprint density at radius 2 is 2.00 bits per heavy atom. The molecule has 5 heteroatoms. The molecule has 0 N–H and O–H groups in total. The molecular weight excluding hydrogens is 368 g/mol. The van der Waals surface area contributed by atoms with Crippen molar-refractivity contribution in [3.63, 3.8) is 0 Å². The average molecular weight is 393 g/mol. The van der Waals surface area contributed by atoms with Crippen LogP contribution in [0.2, 0.25) is 0 Å². The van der Waals surface area contributed by atoms with Crippen LogP contribution >= 0.6 is 11.8 Å². The molecule has 5 rings (SSSR count). The lowest BCUT2D eigenvalue weighted by Crippen LogP contribution is -2.52. The second-order valence-electron chi connectivity index (χ2n) is 8.01. The third kappa shape index (κ3) is 2.52. The zero-order chi connectivity index (χ0) is 19.3. The summed E-state index contributed by atoms with van der Waals surface area (Å²) in [4.78, 5) is 29.9. The maximum atomic E-state index is 13.8. The van der Waals surface area contributed by atoms with Crippen molar-refractivity contribution >= 4 is 29.3 Å². The Morgan fingerprint density at radius 1 is 1.18 bits per heavy atom. The number of rotatable bonds is 3. The maximum Gasteiger partial charge on any atom is 0.268 e. The van der Waals surface area contributed by atoms with Crippen LogP contribution in [-0.2, 0) is 21.0 Å². The van der Waals surface area contributed by atoms with Crippen LogP contribution < -0.4 is 4.90 Å². The van der Waals surface area contributed by atoms with Crippen LogP contribution in [-0.4, -0.2) is 29.0 Å². The number of amides is 2. The van der Waals surface area contributed by atoms with Gasteiger partial charge in [0.25, 0.3) is 5.91 Å². The maximum absolute atomic E-state index is 13.8. The zero-order valence-corrected chi connectivity index (χ0v) is 16.9. The Balaban J connectivity index is 1.56. The molecule has 0 radical (unpaired) electrons. The summed E-state index contributed by atoms with van der Waals surface area (Å²) in [5.41, 5.74) is 4.21. The molecule has 2 fully saturated rings. The second-order valence-corrected chi connectivity index (χ2v) is 9.30. The number of benzene rings is 2. The van der Waals surface area contributed by atoms with E-state index < -0.39 is 4.87 Å². The van der Waals surface area contributed by atoms with Gasteiger partial charge in [-0.05, 0) is 31.4 Å². The molecule has 1 saturated carbocycles. The van der Waals surface area contributed by atoms with Gasteiger partial charge in [0.2, 0.25) is 5.91 Å². The minimum atomic E-state index is -0.882. The van der Waals surface area contributed by atoms with Gasteiger partial charge in [0, 0.05) is 23.8 Å². The molecule has 2 amide bonds. The van der Waals surface area contributed by atoms with Gasteiger partial charge in [0.1, 0.15) is 0 Å². The predicted molar refractivity (Wildman–Crippen MR) is 112 cm³/mol. The summed E-state index contributed by atoms with van der Waals surface area (Å²) in [6.45, 7) is 3.25. The summed E-state index contributed by atoms with van der Waals surface area (Å²) in [6.07, 6.45) is 3.03. The summed E-state index contributed by atoms with van der Waals surface area (Å²) >= 11 is 1.62. The van der Waals surface area contributed by atoms with Crippen LogP contribution in [0, 0.1) is 12.8 Å². The first-order valence-electron chi connectivity index (χ1n) is 10.0. The molecule has 2 heterocycles. The molecule has 1 aliphatic carbocycles. The lowest BCUT2D eigenvalue weighted by Gasteiger charge is -2.37. The molecule has 2 aromatic carbocycles. The molecule has 0 bridgehead atoms. The van der Waals surface area contributed by atoms with E-state index in [1.54, 1.807) is 11.8 Å². The molecule has 1 saturated heterocycles. The van der Waals surface area contributed by atoms with E-state index in [-0.39, 0.29) is 17.7 Å². The molecule has 1 unspecified atom stereocenters. The SMILES string of the molecule is Cc1cccc(CN2C(=O)C3(SCCN3C(=O)C3CCC3)c3ccccc32)c1. The van der Waals surface area contributed by atoms with Crippen molar-refractivity contribution in [3.05, 3.63) is 65.2 Å². The van der Waals surface area contributed by atoms with E-state index in [4.69, 9.17) is 0 Å². The van der Waals surface area contributed by atoms with Gasteiger partial charge in [0.05, 0.1) is 12.2 Å². The lowest BCUT2D eigenvalue weighted by molar-refractivity contribution is -0.145. The van der Waals surface area contributed by atoms with Crippen LogP contribution in [0.4, 0.5) is 5.69 Å².